The van der Waals surface area contributed by atoms with Gasteiger partial charge in [-0.2, -0.15) is 0 Å². The maximum atomic E-state index is 6.69. The third-order valence-electron chi connectivity index (χ3n) is 3.33. The molecule has 5 heteroatoms. The van der Waals surface area contributed by atoms with E-state index < -0.39 is 8.38 Å². The summed E-state index contributed by atoms with van der Waals surface area (Å²) in [6.07, 6.45) is 5.35. The summed E-state index contributed by atoms with van der Waals surface area (Å²) in [6.45, 7) is 12.4. The van der Waals surface area contributed by atoms with Crippen molar-refractivity contribution in [3.8, 4) is 0 Å². The van der Waals surface area contributed by atoms with Gasteiger partial charge in [-0.3, -0.25) is 0 Å². The highest BCUT2D eigenvalue weighted by molar-refractivity contribution is 7.46. The fraction of sp³-hybridized carbons (Fsp3) is 0.750. The first-order chi connectivity index (χ1) is 8.22. The third kappa shape index (κ3) is 2.53. The number of nitrogens with zero attached hydrogens (tertiary/aromatic N) is 1. The molecule has 94 valence electrons. The van der Waals surface area contributed by atoms with E-state index in [-0.39, 0.29) is 11.7 Å². The summed E-state index contributed by atoms with van der Waals surface area (Å²) in [5.41, 5.74) is -0.232. The van der Waals surface area contributed by atoms with Crippen LogP contribution in [-0.2, 0) is 13.8 Å². The first-order valence-electron chi connectivity index (χ1n) is 5.92. The lowest BCUT2D eigenvalue weighted by Crippen LogP contribution is -2.36. The Kier molecular flexibility index (Phi) is 4.17. The van der Waals surface area contributed by atoms with Crippen molar-refractivity contribution in [2.24, 2.45) is 5.92 Å². The van der Waals surface area contributed by atoms with E-state index in [1.807, 2.05) is 6.66 Å². The fourth-order valence-corrected chi connectivity index (χ4v) is 3.42. The van der Waals surface area contributed by atoms with Crippen LogP contribution in [0.4, 0.5) is 0 Å². The molecule has 0 radical (unpaired) electrons. The molecule has 0 saturated carbocycles. The molecule has 4 atom stereocenters. The van der Waals surface area contributed by atoms with Gasteiger partial charge in [0.05, 0.1) is 6.61 Å². The molecule has 1 aliphatic heterocycles. The van der Waals surface area contributed by atoms with Crippen molar-refractivity contribution in [3.05, 3.63) is 23.6 Å². The Labute approximate surface area is 104 Å². The lowest BCUT2D eigenvalue weighted by atomic mass is 9.96. The molecule has 0 aromatic heterocycles. The lowest BCUT2D eigenvalue weighted by Gasteiger charge is -2.29. The maximum absolute atomic E-state index is 6.69. The lowest BCUT2D eigenvalue weighted by molar-refractivity contribution is -0.0114. The molecule has 0 spiro atoms. The molecule has 1 aliphatic carbocycles. The van der Waals surface area contributed by atoms with Crippen molar-refractivity contribution in [2.45, 2.75) is 25.0 Å². The quantitative estimate of drug-likeness (QED) is 0.316. The first-order valence-corrected chi connectivity index (χ1v) is 7.54. The van der Waals surface area contributed by atoms with Crippen LogP contribution >= 0.6 is 8.38 Å². The van der Waals surface area contributed by atoms with Crippen LogP contribution in [0.2, 0.25) is 0 Å². The van der Waals surface area contributed by atoms with Gasteiger partial charge in [-0.1, -0.05) is 19.1 Å². The predicted molar refractivity (Wildman–Crippen MR) is 66.7 cm³/mol. The van der Waals surface area contributed by atoms with E-state index in [2.05, 4.69) is 23.9 Å². The Morgan fingerprint density at radius 3 is 3.06 bits per heavy atom. The van der Waals surface area contributed by atoms with Gasteiger partial charge < -0.3 is 18.6 Å². The van der Waals surface area contributed by atoms with E-state index >= 15 is 0 Å². The Morgan fingerprint density at radius 1 is 1.65 bits per heavy atom. The van der Waals surface area contributed by atoms with Gasteiger partial charge in [-0.25, -0.2) is 6.57 Å². The normalized spacial score (nSPS) is 36.1. The summed E-state index contributed by atoms with van der Waals surface area (Å²) in [6, 6.07) is 0. The first kappa shape index (κ1) is 13.0. The molecular formula is C12H18NO3P. The zero-order chi connectivity index (χ0) is 12.3. The Bertz CT molecular complexity index is 341. The average molecular weight is 255 g/mol. The topological polar surface area (TPSA) is 32.0 Å². The van der Waals surface area contributed by atoms with Crippen LogP contribution in [0.15, 0.2) is 12.2 Å². The third-order valence-corrected chi connectivity index (χ3v) is 4.40. The summed E-state index contributed by atoms with van der Waals surface area (Å²) in [7, 11) is -0.917. The zero-order valence-electron chi connectivity index (χ0n) is 10.3. The van der Waals surface area contributed by atoms with Crippen LogP contribution in [0.5, 0.6) is 0 Å². The smallest absolute Gasteiger partial charge is 0.238 e. The second-order valence-electron chi connectivity index (χ2n) is 4.32. The van der Waals surface area contributed by atoms with Crippen molar-refractivity contribution >= 4 is 8.38 Å². The molecule has 0 aromatic rings. The van der Waals surface area contributed by atoms with Crippen LogP contribution in [0, 0.1) is 12.5 Å². The van der Waals surface area contributed by atoms with E-state index in [4.69, 9.17) is 20.4 Å². The van der Waals surface area contributed by atoms with Crippen molar-refractivity contribution in [1.29, 1.82) is 0 Å². The minimum atomic E-state index is -0.917. The Hall–Kier alpha value is -0.460. The Balaban J connectivity index is 1.86. The second-order valence-corrected chi connectivity index (χ2v) is 5.67. The monoisotopic (exact) mass is 255 g/mol. The van der Waals surface area contributed by atoms with Gasteiger partial charge in [-0.05, 0) is 6.42 Å². The van der Waals surface area contributed by atoms with E-state index in [0.717, 1.165) is 13.0 Å². The molecule has 17 heavy (non-hydrogen) atoms. The standard InChI is InChI=1S/C12H18NO3P/c1-4-12-6-5-10(9-14-12)11(12)16-17(3)15-8-7-13-2/h5-6,10-11H,4,7-9H2,1,3H3. The van der Waals surface area contributed by atoms with E-state index in [0.29, 0.717) is 19.1 Å². The summed E-state index contributed by atoms with van der Waals surface area (Å²) in [4.78, 5) is 3.25. The number of hydrogen-bond donors (Lipinski definition) is 0. The fourth-order valence-electron chi connectivity index (χ4n) is 2.36. The summed E-state index contributed by atoms with van der Waals surface area (Å²) < 4.78 is 17.3. The van der Waals surface area contributed by atoms with E-state index in [9.17, 15) is 0 Å². The molecule has 4 unspecified atom stereocenters. The molecule has 1 fully saturated rings. The van der Waals surface area contributed by atoms with Gasteiger partial charge in [0.1, 0.15) is 18.3 Å². The van der Waals surface area contributed by atoms with Gasteiger partial charge in [0.15, 0.2) is 8.38 Å². The number of hydrogen-bond acceptors (Lipinski definition) is 3. The highest BCUT2D eigenvalue weighted by atomic mass is 31.2. The molecule has 0 amide bonds. The molecule has 4 nitrogen and oxygen atoms in total. The van der Waals surface area contributed by atoms with Gasteiger partial charge in [0.25, 0.3) is 0 Å². The molecular weight excluding hydrogens is 237 g/mol. The van der Waals surface area contributed by atoms with Gasteiger partial charge >= 0.3 is 0 Å². The van der Waals surface area contributed by atoms with Crippen LogP contribution in [-0.4, -0.2) is 38.1 Å². The minimum Gasteiger partial charge on any atom is -0.367 e. The van der Waals surface area contributed by atoms with Crippen molar-refractivity contribution in [1.82, 2.24) is 0 Å². The molecule has 2 bridgehead atoms. The van der Waals surface area contributed by atoms with Crippen molar-refractivity contribution < 1.29 is 13.8 Å². The summed E-state index contributed by atoms with van der Waals surface area (Å²) in [5.74, 6) is 0.365. The largest absolute Gasteiger partial charge is 0.367 e. The van der Waals surface area contributed by atoms with Crippen molar-refractivity contribution in [3.63, 3.8) is 0 Å². The van der Waals surface area contributed by atoms with Crippen LogP contribution < -0.4 is 0 Å². The van der Waals surface area contributed by atoms with Crippen LogP contribution in [0.25, 0.3) is 4.85 Å². The Morgan fingerprint density at radius 2 is 2.47 bits per heavy atom. The highest BCUT2D eigenvalue weighted by Gasteiger charge is 2.52. The summed E-state index contributed by atoms with van der Waals surface area (Å²) in [5, 5.41) is 0. The number of ether oxygens (including phenoxy) is 1. The number of rotatable bonds is 6. The predicted octanol–water partition coefficient (Wildman–Crippen LogP) is 2.61. The zero-order valence-corrected chi connectivity index (χ0v) is 11.2. The van der Waals surface area contributed by atoms with Crippen molar-refractivity contribution in [2.75, 3.05) is 26.4 Å². The molecule has 2 rings (SSSR count). The molecule has 2 aliphatic rings. The summed E-state index contributed by atoms with van der Waals surface area (Å²) >= 11 is 0. The van der Waals surface area contributed by atoms with Crippen LogP contribution in [0.1, 0.15) is 13.3 Å². The minimum absolute atomic E-state index is 0.0940. The van der Waals surface area contributed by atoms with E-state index in [1.165, 1.54) is 0 Å². The van der Waals surface area contributed by atoms with Gasteiger partial charge in [0.2, 0.25) is 6.54 Å². The molecule has 0 N–H and O–H groups in total. The highest BCUT2D eigenvalue weighted by Crippen LogP contribution is 2.49. The van der Waals surface area contributed by atoms with Gasteiger partial charge in [0, 0.05) is 12.6 Å². The maximum Gasteiger partial charge on any atom is 0.238 e. The molecule has 1 heterocycles. The van der Waals surface area contributed by atoms with Crippen LogP contribution in [0.3, 0.4) is 0 Å². The number of fused-ring (bicyclic) bond motifs is 2. The molecule has 0 aromatic carbocycles. The second kappa shape index (κ2) is 5.46. The molecule has 1 saturated heterocycles. The van der Waals surface area contributed by atoms with Gasteiger partial charge in [-0.15, -0.1) is 0 Å². The average Bonchev–Trinajstić information content (AvgIpc) is 2.85. The SMILES string of the molecule is [C-]#[N+]CCOP(C)OC1C2C=CC1(CC)OC2. The van der Waals surface area contributed by atoms with E-state index in [1.54, 1.807) is 0 Å².